The molecule has 8 atom stereocenters. The van der Waals surface area contributed by atoms with Crippen LogP contribution in [0.2, 0.25) is 0 Å². The van der Waals surface area contributed by atoms with Crippen LogP contribution in [0.5, 0.6) is 0 Å². The van der Waals surface area contributed by atoms with E-state index >= 15 is 0 Å². The van der Waals surface area contributed by atoms with Gasteiger partial charge in [-0.2, -0.15) is 0 Å². The lowest BCUT2D eigenvalue weighted by Crippen LogP contribution is -2.53. The average Bonchev–Trinajstić information content (AvgIpc) is 3.03. The van der Waals surface area contributed by atoms with E-state index in [9.17, 15) is 4.79 Å². The van der Waals surface area contributed by atoms with Crippen molar-refractivity contribution >= 4 is 5.78 Å². The molecule has 164 valence electrons. The quantitative estimate of drug-likeness (QED) is 0.431. The maximum atomic E-state index is 12.1. The highest BCUT2D eigenvalue weighted by Gasteiger charge is 2.60. The summed E-state index contributed by atoms with van der Waals surface area (Å²) in [6, 6.07) is 0. The monoisotopic (exact) mass is 398 g/mol. The molecular weight excluding hydrogens is 352 g/mol. The number of hydrogen-bond donors (Lipinski definition) is 0. The van der Waals surface area contributed by atoms with Crippen LogP contribution >= 0.6 is 0 Å². The Kier molecular flexibility index (Phi) is 5.84. The van der Waals surface area contributed by atoms with Crippen LogP contribution in [0.15, 0.2) is 12.2 Å². The fourth-order valence-electron chi connectivity index (χ4n) is 8.92. The normalized spacial score (nSPS) is 45.4. The van der Waals surface area contributed by atoms with Crippen molar-refractivity contribution in [3.63, 3.8) is 0 Å². The minimum absolute atomic E-state index is 0.455. The molecule has 0 aromatic rings. The summed E-state index contributed by atoms with van der Waals surface area (Å²) in [6.45, 7) is 16.7. The van der Waals surface area contributed by atoms with Crippen LogP contribution in [-0.2, 0) is 4.79 Å². The van der Waals surface area contributed by atoms with E-state index in [1.165, 1.54) is 63.4 Å². The molecule has 4 aliphatic carbocycles. The Morgan fingerprint density at radius 1 is 1.00 bits per heavy atom. The lowest BCUT2D eigenvalue weighted by atomic mass is 9.44. The molecule has 4 rings (SSSR count). The number of carbonyl (C=O) groups excluding carboxylic acids is 1. The molecule has 4 saturated carbocycles. The molecule has 1 nitrogen and oxygen atoms in total. The summed E-state index contributed by atoms with van der Waals surface area (Å²) in [5.74, 6) is 6.37. The van der Waals surface area contributed by atoms with Crippen molar-refractivity contribution in [1.82, 2.24) is 0 Å². The molecule has 0 aromatic carbocycles. The number of carbonyl (C=O) groups is 1. The van der Waals surface area contributed by atoms with E-state index in [2.05, 4.69) is 41.2 Å². The summed E-state index contributed by atoms with van der Waals surface area (Å²) in [5, 5.41) is 0. The predicted octanol–water partition coefficient (Wildman–Crippen LogP) is 7.84. The van der Waals surface area contributed by atoms with E-state index < -0.39 is 0 Å². The number of fused-ring (bicyclic) bond motifs is 5. The first-order valence-corrected chi connectivity index (χ1v) is 12.9. The lowest BCUT2D eigenvalue weighted by molar-refractivity contribution is -0.140. The van der Waals surface area contributed by atoms with Crippen LogP contribution in [-0.4, -0.2) is 5.78 Å². The molecule has 0 N–H and O–H groups in total. The fraction of sp³-hybridized carbons (Fsp3) is 0.893. The zero-order chi connectivity index (χ0) is 21.0. The van der Waals surface area contributed by atoms with Crippen molar-refractivity contribution in [2.45, 2.75) is 105 Å². The second kappa shape index (κ2) is 7.83. The topological polar surface area (TPSA) is 17.1 Å². The lowest BCUT2D eigenvalue weighted by Gasteiger charge is -2.60. The SMILES string of the molecule is C=C(CCC(C)C1CCC2C3CCC4CC(=O)CCC4(C)C3CCC12C)C(C)C. The largest absolute Gasteiger partial charge is 0.300 e. The molecule has 0 spiro atoms. The summed E-state index contributed by atoms with van der Waals surface area (Å²) >= 11 is 0. The number of rotatable bonds is 5. The van der Waals surface area contributed by atoms with Gasteiger partial charge in [0.2, 0.25) is 0 Å². The Hall–Kier alpha value is -0.590. The summed E-state index contributed by atoms with van der Waals surface area (Å²) in [6.07, 6.45) is 14.0. The number of ketones is 1. The Labute approximate surface area is 180 Å². The Bertz CT molecular complexity index is 647. The van der Waals surface area contributed by atoms with E-state index in [0.717, 1.165) is 42.4 Å². The molecule has 29 heavy (non-hydrogen) atoms. The third-order valence-corrected chi connectivity index (χ3v) is 11.0. The third kappa shape index (κ3) is 3.57. The Morgan fingerprint density at radius 3 is 2.45 bits per heavy atom. The van der Waals surface area contributed by atoms with Crippen molar-refractivity contribution in [1.29, 1.82) is 0 Å². The van der Waals surface area contributed by atoms with Gasteiger partial charge in [-0.05, 0) is 110 Å². The molecule has 0 aromatic heterocycles. The van der Waals surface area contributed by atoms with Crippen LogP contribution in [0.3, 0.4) is 0 Å². The number of allylic oxidation sites excluding steroid dienone is 1. The molecule has 0 bridgehead atoms. The van der Waals surface area contributed by atoms with E-state index in [4.69, 9.17) is 0 Å². The smallest absolute Gasteiger partial charge is 0.133 e. The first-order valence-electron chi connectivity index (χ1n) is 12.9. The van der Waals surface area contributed by atoms with Crippen molar-refractivity contribution in [3.05, 3.63) is 12.2 Å². The average molecular weight is 399 g/mol. The van der Waals surface area contributed by atoms with Crippen LogP contribution < -0.4 is 0 Å². The van der Waals surface area contributed by atoms with Gasteiger partial charge in [-0.3, -0.25) is 4.79 Å². The van der Waals surface area contributed by atoms with Crippen LogP contribution in [0.1, 0.15) is 105 Å². The molecule has 0 heterocycles. The van der Waals surface area contributed by atoms with Gasteiger partial charge in [0.15, 0.2) is 0 Å². The van der Waals surface area contributed by atoms with Gasteiger partial charge >= 0.3 is 0 Å². The highest BCUT2D eigenvalue weighted by atomic mass is 16.1. The van der Waals surface area contributed by atoms with Gasteiger partial charge in [0.25, 0.3) is 0 Å². The molecule has 4 aliphatic rings. The maximum absolute atomic E-state index is 12.1. The van der Waals surface area contributed by atoms with Gasteiger partial charge in [0.1, 0.15) is 5.78 Å². The minimum atomic E-state index is 0.455. The standard InChI is InChI=1S/C28H46O/c1-18(2)19(3)7-8-20(4)24-11-12-25-23-10-9-21-17-22(29)13-15-27(21,5)26(23)14-16-28(24,25)6/h18,20-21,23-26H,3,7-17H2,1-2,4-6H3. The van der Waals surface area contributed by atoms with Gasteiger partial charge in [-0.1, -0.05) is 46.8 Å². The van der Waals surface area contributed by atoms with E-state index in [0.29, 0.717) is 28.4 Å². The van der Waals surface area contributed by atoms with E-state index in [-0.39, 0.29) is 0 Å². The second-order valence-corrected chi connectivity index (χ2v) is 12.5. The molecule has 0 radical (unpaired) electrons. The van der Waals surface area contributed by atoms with Gasteiger partial charge < -0.3 is 0 Å². The fourth-order valence-corrected chi connectivity index (χ4v) is 8.92. The third-order valence-electron chi connectivity index (χ3n) is 11.0. The first-order chi connectivity index (χ1) is 13.7. The number of Topliss-reactive ketones (excluding diaryl/α,β-unsaturated/α-hetero) is 1. The first kappa shape index (κ1) is 21.6. The predicted molar refractivity (Wildman–Crippen MR) is 123 cm³/mol. The Balaban J connectivity index is 1.47. The summed E-state index contributed by atoms with van der Waals surface area (Å²) in [4.78, 5) is 12.1. The Morgan fingerprint density at radius 2 is 1.72 bits per heavy atom. The van der Waals surface area contributed by atoms with Crippen molar-refractivity contribution in [2.75, 3.05) is 0 Å². The van der Waals surface area contributed by atoms with Crippen LogP contribution in [0, 0.1) is 52.3 Å². The molecule has 0 aliphatic heterocycles. The summed E-state index contributed by atoms with van der Waals surface area (Å²) in [5.41, 5.74) is 2.46. The molecule has 0 saturated heterocycles. The van der Waals surface area contributed by atoms with Gasteiger partial charge in [-0.25, -0.2) is 0 Å². The second-order valence-electron chi connectivity index (χ2n) is 12.5. The number of hydrogen-bond acceptors (Lipinski definition) is 1. The van der Waals surface area contributed by atoms with Gasteiger partial charge in [0.05, 0.1) is 0 Å². The highest BCUT2D eigenvalue weighted by molar-refractivity contribution is 5.79. The zero-order valence-electron chi connectivity index (χ0n) is 19.9. The molecule has 0 amide bonds. The maximum Gasteiger partial charge on any atom is 0.133 e. The van der Waals surface area contributed by atoms with Crippen molar-refractivity contribution in [3.8, 4) is 0 Å². The molecular formula is C28H46O. The van der Waals surface area contributed by atoms with E-state index in [1.54, 1.807) is 0 Å². The summed E-state index contributed by atoms with van der Waals surface area (Å²) in [7, 11) is 0. The molecule has 1 heteroatoms. The molecule has 4 fully saturated rings. The van der Waals surface area contributed by atoms with Crippen molar-refractivity contribution < 1.29 is 4.79 Å². The van der Waals surface area contributed by atoms with Gasteiger partial charge in [0, 0.05) is 12.8 Å². The zero-order valence-corrected chi connectivity index (χ0v) is 19.9. The summed E-state index contributed by atoms with van der Waals surface area (Å²) < 4.78 is 0. The van der Waals surface area contributed by atoms with E-state index in [1.807, 2.05) is 0 Å². The van der Waals surface area contributed by atoms with Crippen molar-refractivity contribution in [2.24, 2.45) is 52.3 Å². The molecule has 8 unspecified atom stereocenters. The minimum Gasteiger partial charge on any atom is -0.300 e. The van der Waals surface area contributed by atoms with Gasteiger partial charge in [-0.15, -0.1) is 0 Å². The van der Waals surface area contributed by atoms with Crippen LogP contribution in [0.4, 0.5) is 0 Å². The van der Waals surface area contributed by atoms with Crippen LogP contribution in [0.25, 0.3) is 0 Å². The highest BCUT2D eigenvalue weighted by Crippen LogP contribution is 2.68.